The van der Waals surface area contributed by atoms with E-state index in [-0.39, 0.29) is 12.4 Å². The van der Waals surface area contributed by atoms with Crippen molar-refractivity contribution < 1.29 is 23.6 Å². The fourth-order valence-electron chi connectivity index (χ4n) is 1.11. The molecule has 0 radical (unpaired) electrons. The molecule has 0 heterocycles. The first-order valence-corrected chi connectivity index (χ1v) is 5.66. The van der Waals surface area contributed by atoms with Crippen LogP contribution >= 0.6 is 15.9 Å². The summed E-state index contributed by atoms with van der Waals surface area (Å²) in [5.74, 6) is -1.42. The van der Waals surface area contributed by atoms with E-state index in [9.17, 15) is 19.3 Å². The predicted octanol–water partition coefficient (Wildman–Crippen LogP) is 2.05. The lowest BCUT2D eigenvalue weighted by Crippen LogP contribution is -2.23. The monoisotopic (exact) mass is 321 g/mol. The number of hydrogen-bond donors (Lipinski definition) is 0. The average molecular weight is 322 g/mol. The molecule has 0 bridgehead atoms. The molecule has 0 amide bonds. The van der Waals surface area contributed by atoms with Gasteiger partial charge in [-0.25, -0.2) is 4.39 Å². The molecule has 0 aromatic heterocycles. The SMILES string of the molecule is COC(=O)C(Br)COc1ccc(F)cc1[N+](=O)[O-]. The van der Waals surface area contributed by atoms with E-state index in [4.69, 9.17) is 4.74 Å². The van der Waals surface area contributed by atoms with Crippen LogP contribution in [-0.4, -0.2) is 29.4 Å². The summed E-state index contributed by atoms with van der Waals surface area (Å²) in [4.78, 5) is 20.2. The molecule has 18 heavy (non-hydrogen) atoms. The van der Waals surface area contributed by atoms with Crippen molar-refractivity contribution in [2.45, 2.75) is 4.83 Å². The quantitative estimate of drug-likeness (QED) is 0.359. The Kier molecular flexibility index (Phi) is 5.02. The number of hydrogen-bond acceptors (Lipinski definition) is 5. The standard InChI is InChI=1S/C10H9BrFNO5/c1-17-10(14)7(11)5-18-9-3-2-6(12)4-8(9)13(15)16/h2-4,7H,5H2,1H3. The first-order chi connectivity index (χ1) is 8.45. The van der Waals surface area contributed by atoms with Crippen molar-refractivity contribution in [1.29, 1.82) is 0 Å². The van der Waals surface area contributed by atoms with E-state index in [2.05, 4.69) is 20.7 Å². The normalized spacial score (nSPS) is 11.7. The Hall–Kier alpha value is -1.70. The number of halogens is 2. The van der Waals surface area contributed by atoms with Crippen LogP contribution in [0, 0.1) is 15.9 Å². The summed E-state index contributed by atoms with van der Waals surface area (Å²) in [6, 6.07) is 2.91. The maximum absolute atomic E-state index is 12.8. The number of nitro benzene ring substituents is 1. The van der Waals surface area contributed by atoms with Crippen molar-refractivity contribution in [2.24, 2.45) is 0 Å². The molecule has 0 N–H and O–H groups in total. The van der Waals surface area contributed by atoms with Gasteiger partial charge in [0.25, 0.3) is 0 Å². The lowest BCUT2D eigenvalue weighted by molar-refractivity contribution is -0.386. The van der Waals surface area contributed by atoms with Gasteiger partial charge in [0.15, 0.2) is 5.75 Å². The van der Waals surface area contributed by atoms with Gasteiger partial charge in [-0.2, -0.15) is 0 Å². The minimum absolute atomic E-state index is 0.116. The number of carbonyl (C=O) groups excluding carboxylic acids is 1. The number of nitro groups is 1. The van der Waals surface area contributed by atoms with E-state index in [1.807, 2.05) is 0 Å². The number of benzene rings is 1. The summed E-state index contributed by atoms with van der Waals surface area (Å²) in [5.41, 5.74) is -0.500. The Morgan fingerprint density at radius 1 is 1.61 bits per heavy atom. The fourth-order valence-corrected chi connectivity index (χ4v) is 1.43. The summed E-state index contributed by atoms with van der Waals surface area (Å²) < 4.78 is 22.4. The number of carbonyl (C=O) groups is 1. The molecule has 1 aromatic rings. The summed E-state index contributed by atoms with van der Waals surface area (Å²) in [6.07, 6.45) is 0. The summed E-state index contributed by atoms with van der Waals surface area (Å²) in [7, 11) is 1.21. The van der Waals surface area contributed by atoms with Crippen LogP contribution in [0.1, 0.15) is 0 Å². The molecule has 0 aliphatic heterocycles. The molecule has 0 saturated carbocycles. The summed E-state index contributed by atoms with van der Waals surface area (Å²) in [5, 5.41) is 10.7. The molecule has 1 aromatic carbocycles. The molecule has 98 valence electrons. The molecule has 1 rings (SSSR count). The molecule has 0 fully saturated rings. The van der Waals surface area contributed by atoms with Gasteiger partial charge in [-0.05, 0) is 12.1 Å². The van der Waals surface area contributed by atoms with E-state index >= 15 is 0 Å². The van der Waals surface area contributed by atoms with E-state index in [1.54, 1.807) is 0 Å². The highest BCUT2D eigenvalue weighted by Crippen LogP contribution is 2.27. The van der Waals surface area contributed by atoms with Crippen molar-refractivity contribution in [3.63, 3.8) is 0 Å². The van der Waals surface area contributed by atoms with Crippen molar-refractivity contribution in [1.82, 2.24) is 0 Å². The van der Waals surface area contributed by atoms with Crippen molar-refractivity contribution in [3.05, 3.63) is 34.1 Å². The van der Waals surface area contributed by atoms with Gasteiger partial charge in [0.05, 0.1) is 18.1 Å². The highest BCUT2D eigenvalue weighted by molar-refractivity contribution is 9.10. The molecule has 0 aliphatic carbocycles. The van der Waals surface area contributed by atoms with Crippen LogP contribution in [0.4, 0.5) is 10.1 Å². The molecule has 0 spiro atoms. The molecule has 6 nitrogen and oxygen atoms in total. The highest BCUT2D eigenvalue weighted by atomic mass is 79.9. The van der Waals surface area contributed by atoms with Crippen LogP contribution in [0.5, 0.6) is 5.75 Å². The minimum atomic E-state index is -0.764. The van der Waals surface area contributed by atoms with Crippen molar-refractivity contribution in [2.75, 3.05) is 13.7 Å². The lowest BCUT2D eigenvalue weighted by atomic mass is 10.3. The van der Waals surface area contributed by atoms with Crippen molar-refractivity contribution in [3.8, 4) is 5.75 Å². The largest absolute Gasteiger partial charge is 0.485 e. The first-order valence-electron chi connectivity index (χ1n) is 4.74. The number of rotatable bonds is 5. The van der Waals surface area contributed by atoms with Gasteiger partial charge in [0.2, 0.25) is 0 Å². The third-order valence-electron chi connectivity index (χ3n) is 1.96. The molecule has 0 saturated heterocycles. The third-order valence-corrected chi connectivity index (χ3v) is 2.60. The van der Waals surface area contributed by atoms with E-state index < -0.39 is 27.2 Å². The van der Waals surface area contributed by atoms with Crippen LogP contribution in [0.2, 0.25) is 0 Å². The zero-order chi connectivity index (χ0) is 13.7. The third kappa shape index (κ3) is 3.66. The van der Waals surface area contributed by atoms with Gasteiger partial charge in [0, 0.05) is 0 Å². The van der Waals surface area contributed by atoms with Gasteiger partial charge in [-0.15, -0.1) is 0 Å². The summed E-state index contributed by atoms with van der Waals surface area (Å²) >= 11 is 2.99. The number of nitrogens with zero attached hydrogens (tertiary/aromatic N) is 1. The second-order valence-electron chi connectivity index (χ2n) is 3.17. The zero-order valence-electron chi connectivity index (χ0n) is 9.26. The zero-order valence-corrected chi connectivity index (χ0v) is 10.8. The van der Waals surface area contributed by atoms with Crippen LogP contribution < -0.4 is 4.74 Å². The Balaban J connectivity index is 2.79. The van der Waals surface area contributed by atoms with E-state index in [1.165, 1.54) is 7.11 Å². The first kappa shape index (κ1) is 14.4. The molecule has 8 heteroatoms. The topological polar surface area (TPSA) is 78.7 Å². The van der Waals surface area contributed by atoms with Crippen LogP contribution in [0.3, 0.4) is 0 Å². The average Bonchev–Trinajstić information content (AvgIpc) is 2.35. The van der Waals surface area contributed by atoms with Gasteiger partial charge >= 0.3 is 11.7 Å². The molecule has 0 aliphatic rings. The summed E-state index contributed by atoms with van der Waals surface area (Å²) in [6.45, 7) is -0.168. The van der Waals surface area contributed by atoms with Crippen molar-refractivity contribution >= 4 is 27.6 Å². The van der Waals surface area contributed by atoms with Crippen LogP contribution in [0.15, 0.2) is 18.2 Å². The van der Waals surface area contributed by atoms with Gasteiger partial charge < -0.3 is 9.47 Å². The maximum Gasteiger partial charge on any atom is 0.322 e. The molecule has 1 atom stereocenters. The fraction of sp³-hybridized carbons (Fsp3) is 0.300. The second-order valence-corrected chi connectivity index (χ2v) is 4.28. The Morgan fingerprint density at radius 3 is 2.83 bits per heavy atom. The Labute approximate surface area is 110 Å². The molecule has 1 unspecified atom stereocenters. The van der Waals surface area contributed by atoms with Crippen LogP contribution in [-0.2, 0) is 9.53 Å². The molecular formula is C10H9BrFNO5. The van der Waals surface area contributed by atoms with E-state index in [0.29, 0.717) is 0 Å². The van der Waals surface area contributed by atoms with Gasteiger partial charge in [-0.1, -0.05) is 15.9 Å². The number of alkyl halides is 1. The van der Waals surface area contributed by atoms with Crippen LogP contribution in [0.25, 0.3) is 0 Å². The number of esters is 1. The predicted molar refractivity (Wildman–Crippen MR) is 63.3 cm³/mol. The number of ether oxygens (including phenoxy) is 2. The Morgan fingerprint density at radius 2 is 2.28 bits per heavy atom. The second kappa shape index (κ2) is 6.29. The molecular weight excluding hydrogens is 313 g/mol. The minimum Gasteiger partial charge on any atom is -0.485 e. The van der Waals surface area contributed by atoms with Gasteiger partial charge in [-0.3, -0.25) is 14.9 Å². The van der Waals surface area contributed by atoms with Gasteiger partial charge in [0.1, 0.15) is 17.3 Å². The Bertz CT molecular complexity index is 468. The lowest BCUT2D eigenvalue weighted by Gasteiger charge is -2.10. The smallest absolute Gasteiger partial charge is 0.322 e. The highest BCUT2D eigenvalue weighted by Gasteiger charge is 2.20. The number of methoxy groups -OCH3 is 1. The van der Waals surface area contributed by atoms with E-state index in [0.717, 1.165) is 18.2 Å². The maximum atomic E-state index is 12.8.